The number of nitrogens with zero attached hydrogens (tertiary/aromatic N) is 9. The Balaban J connectivity index is 0.548. The van der Waals surface area contributed by atoms with Crippen molar-refractivity contribution in [1.82, 2.24) is 96.9 Å². The normalized spacial score (nSPS) is 13.5. The molecule has 0 bridgehead atoms. The third-order valence-electron chi connectivity index (χ3n) is 20.6. The molecule has 129 heavy (non-hydrogen) atoms. The van der Waals surface area contributed by atoms with E-state index in [1.807, 2.05) is 35.2 Å². The summed E-state index contributed by atoms with van der Waals surface area (Å²) in [5.41, 5.74) is 13.2. The first-order chi connectivity index (χ1) is 62.2. The number of esters is 2. The van der Waals surface area contributed by atoms with Gasteiger partial charge in [0.1, 0.15) is 25.2 Å². The van der Waals surface area contributed by atoms with Crippen molar-refractivity contribution in [2.24, 2.45) is 0 Å². The van der Waals surface area contributed by atoms with Crippen LogP contribution in [0.3, 0.4) is 0 Å². The number of para-hydroxylation sites is 1. The molecular formula is C84H99N23O22. The number of nitrogens with one attached hydrogen (secondary N) is 12. The topological polar surface area (TPSA) is 645 Å². The molecule has 2 aliphatic heterocycles. The lowest BCUT2D eigenvalue weighted by Crippen LogP contribution is -2.48. The van der Waals surface area contributed by atoms with Gasteiger partial charge in [-0.1, -0.05) is 25.1 Å². The van der Waals surface area contributed by atoms with E-state index in [1.165, 1.54) is 36.7 Å². The van der Waals surface area contributed by atoms with Gasteiger partial charge in [0.15, 0.2) is 22.3 Å². The van der Waals surface area contributed by atoms with Crippen molar-refractivity contribution >= 4 is 128 Å². The molecule has 8 amide bonds. The number of carboxylic acids is 2. The molecule has 682 valence electrons. The fourth-order valence-electron chi connectivity index (χ4n) is 13.8. The van der Waals surface area contributed by atoms with Crippen LogP contribution in [0.15, 0.2) is 112 Å². The van der Waals surface area contributed by atoms with E-state index in [2.05, 4.69) is 93.0 Å². The van der Waals surface area contributed by atoms with Gasteiger partial charge in [-0.3, -0.25) is 67.5 Å². The van der Waals surface area contributed by atoms with Gasteiger partial charge in [-0.25, -0.2) is 39.3 Å². The first-order valence-corrected chi connectivity index (χ1v) is 41.6. The third-order valence-corrected chi connectivity index (χ3v) is 20.6. The fraction of sp³-hybridized carbons (Fsp3) is 0.405. The van der Waals surface area contributed by atoms with Crippen LogP contribution in [0.1, 0.15) is 126 Å². The third kappa shape index (κ3) is 27.3. The fourth-order valence-corrected chi connectivity index (χ4v) is 13.8. The van der Waals surface area contributed by atoms with Gasteiger partial charge in [0, 0.05) is 143 Å². The highest BCUT2D eigenvalue weighted by Gasteiger charge is 2.50. The SMILES string of the molecule is CC[C@]1(OC(=O)CNC(=O)CCC(=O)NCCCOCCOCCOCCCN(CCC(=O)NCCNC(=O)CCC(NC(=O)c2ccc(NCc3cnc4c(=O)[nH]c(N)nc4n3)cc2)C(=O)O)CCC(=O)NCCNC(=O)CCC(NC(=O)c2ccc(NCc3cnc4c(=O)[nH]c(N)nc4n3)cc2)C(=O)O)C(=O)OCc2c1cc1n(c2=O)Cc2cc3ccccc3nc2-1. The summed E-state index contributed by atoms with van der Waals surface area (Å²) >= 11 is 0. The minimum absolute atomic E-state index is 0.00874. The number of aliphatic carboxylic acids is 2. The maximum atomic E-state index is 13.9. The lowest BCUT2D eigenvalue weighted by Gasteiger charge is -2.35. The number of carbonyl (C=O) groups excluding carboxylic acids is 10. The number of benzene rings is 3. The lowest BCUT2D eigenvalue weighted by molar-refractivity contribution is -0.189. The predicted molar refractivity (Wildman–Crippen MR) is 462 cm³/mol. The average molecular weight is 1780 g/mol. The first-order valence-electron chi connectivity index (χ1n) is 41.6. The van der Waals surface area contributed by atoms with Crippen LogP contribution in [0.5, 0.6) is 0 Å². The van der Waals surface area contributed by atoms with Gasteiger partial charge in [-0.15, -0.1) is 0 Å². The molecule has 6 aromatic heterocycles. The molecule has 3 aromatic carbocycles. The number of hydrogen-bond donors (Lipinski definition) is 16. The number of carbonyl (C=O) groups is 12. The largest absolute Gasteiger partial charge is 0.480 e. The van der Waals surface area contributed by atoms with Crippen LogP contribution in [0, 0.1) is 0 Å². The number of amides is 8. The number of carboxylic acid groups (broad SMARTS) is 2. The minimum Gasteiger partial charge on any atom is -0.480 e. The van der Waals surface area contributed by atoms with E-state index < -0.39 is 100 Å². The summed E-state index contributed by atoms with van der Waals surface area (Å²) in [5.74, 6) is -9.04. The van der Waals surface area contributed by atoms with Crippen LogP contribution in [-0.2, 0) is 103 Å². The van der Waals surface area contributed by atoms with E-state index >= 15 is 0 Å². The Labute approximate surface area is 733 Å². The Morgan fingerprint density at radius 1 is 0.550 bits per heavy atom. The minimum atomic E-state index is -1.97. The number of nitrogen functional groups attached to an aromatic ring is 2. The Morgan fingerprint density at radius 2 is 1.02 bits per heavy atom. The zero-order valence-electron chi connectivity index (χ0n) is 70.3. The second-order valence-electron chi connectivity index (χ2n) is 29.8. The van der Waals surface area contributed by atoms with Crippen molar-refractivity contribution in [3.05, 3.63) is 168 Å². The van der Waals surface area contributed by atoms with Crippen LogP contribution in [0.25, 0.3) is 44.6 Å². The Hall–Kier alpha value is -14.9. The second-order valence-corrected chi connectivity index (χ2v) is 29.8. The summed E-state index contributed by atoms with van der Waals surface area (Å²) in [6, 6.07) is 20.5. The molecule has 0 fully saturated rings. The summed E-state index contributed by atoms with van der Waals surface area (Å²) in [6.07, 6.45) is 2.13. The number of aromatic amines is 2. The molecule has 18 N–H and O–H groups in total. The lowest BCUT2D eigenvalue weighted by atomic mass is 9.85. The Bertz CT molecular complexity index is 5580. The molecule has 3 atom stereocenters. The number of rotatable bonds is 51. The molecule has 45 nitrogen and oxygen atoms in total. The highest BCUT2D eigenvalue weighted by molar-refractivity contribution is 5.98. The quantitative estimate of drug-likeness (QED) is 0.0173. The number of anilines is 4. The number of cyclic esters (lactones) is 1. The average Bonchev–Trinajstić information content (AvgIpc) is 1.58. The van der Waals surface area contributed by atoms with Gasteiger partial charge >= 0.3 is 23.9 Å². The number of fused-ring (bicyclic) bond motifs is 7. The molecule has 2 aliphatic rings. The molecule has 9 aromatic rings. The molecular weight excluding hydrogens is 1680 g/mol. The maximum Gasteiger partial charge on any atom is 0.355 e. The van der Waals surface area contributed by atoms with E-state index in [4.69, 9.17) is 40.1 Å². The maximum absolute atomic E-state index is 13.9. The number of pyridine rings is 2. The molecule has 0 radical (unpaired) electrons. The zero-order valence-corrected chi connectivity index (χ0v) is 70.3. The van der Waals surface area contributed by atoms with Gasteiger partial charge in [0.25, 0.3) is 28.5 Å². The molecule has 8 heterocycles. The number of H-pyrrole nitrogens is 2. The van der Waals surface area contributed by atoms with Gasteiger partial charge in [-0.05, 0) is 98.8 Å². The summed E-state index contributed by atoms with van der Waals surface area (Å²) in [4.78, 5) is 229. The molecule has 45 heteroatoms. The highest BCUT2D eigenvalue weighted by Crippen LogP contribution is 2.41. The van der Waals surface area contributed by atoms with E-state index in [9.17, 15) is 82.1 Å². The number of ether oxygens (including phenoxy) is 5. The van der Waals surface area contributed by atoms with E-state index in [0.717, 1.165) is 16.5 Å². The molecule has 0 saturated carbocycles. The standard InChI is InChI=1S/C84H99N23O22/c1-2-84(57-40-61-69-51(39-50-7-3-4-8-58(50)99-69)46-107(61)78(119)56(57)47-128-81(84)124)129-68(114)45-94-65(111)22-21-64(110)87-25-5-33-125-35-37-127-38-36-126-34-6-30-106(31-23-66(112)90-28-26-88-62(108)19-17-59(79(120)121)100-74(115)48-9-13-52(14-10-48)92-41-54-43-95-70-72(97-54)102-82(85)104-76(70)117)32-24-67(113)91-29-27-89-63(109)20-18-60(80(122)123)101-75(116)49-11-15-53(16-12-49)93-42-55-44-96-71-73(98-55)103-83(86)105-77(71)118/h3-4,7-16,39-40,43-44,59-60,92-93H,2,5-6,17-38,41-42,45-47H2,1H3,(H,87,110)(H,88,108)(H,89,109)(H,90,112)(H,91,113)(H,94,111)(H,100,115)(H,101,116)(H,120,121)(H,122,123)(H3,85,97,102,104,117)(H3,86,98,103,105,118)/t59?,60?,84-/m1/s1. The highest BCUT2D eigenvalue weighted by atomic mass is 16.6. The number of nitrogens with two attached hydrogens (primary N) is 2. The van der Waals surface area contributed by atoms with Gasteiger partial charge in [0.05, 0.1) is 92.3 Å². The second kappa shape index (κ2) is 46.4. The Kier molecular flexibility index (Phi) is 34.1. The first kappa shape index (κ1) is 94.8. The van der Waals surface area contributed by atoms with Crippen molar-refractivity contribution in [3.8, 4) is 11.4 Å². The summed E-state index contributed by atoms with van der Waals surface area (Å²) < 4.78 is 29.8. The smallest absolute Gasteiger partial charge is 0.355 e. The summed E-state index contributed by atoms with van der Waals surface area (Å²) in [7, 11) is 0. The molecule has 0 spiro atoms. The van der Waals surface area contributed by atoms with Crippen LogP contribution < -0.4 is 81.3 Å². The Morgan fingerprint density at radius 3 is 1.53 bits per heavy atom. The van der Waals surface area contributed by atoms with E-state index in [1.54, 1.807) is 41.8 Å². The van der Waals surface area contributed by atoms with Crippen LogP contribution in [-0.4, -0.2) is 246 Å². The zero-order chi connectivity index (χ0) is 91.9. The van der Waals surface area contributed by atoms with Crippen LogP contribution >= 0.6 is 0 Å². The molecule has 0 saturated heterocycles. The number of hydrogen-bond acceptors (Lipinski definition) is 32. The van der Waals surface area contributed by atoms with Gasteiger partial charge < -0.3 is 108 Å². The summed E-state index contributed by atoms with van der Waals surface area (Å²) in [6.45, 7) is 3.86. The van der Waals surface area contributed by atoms with E-state index in [0.29, 0.717) is 53.5 Å². The molecule has 2 unspecified atom stereocenters. The van der Waals surface area contributed by atoms with Gasteiger partial charge in [0.2, 0.25) is 52.9 Å². The van der Waals surface area contributed by atoms with Crippen molar-refractivity contribution in [2.45, 2.75) is 121 Å². The van der Waals surface area contributed by atoms with E-state index in [-0.39, 0.29) is 238 Å². The summed E-state index contributed by atoms with van der Waals surface area (Å²) in [5, 5.41) is 47.7. The van der Waals surface area contributed by atoms with Crippen molar-refractivity contribution in [3.63, 3.8) is 0 Å². The number of aromatic nitrogens is 10. The van der Waals surface area contributed by atoms with Crippen molar-refractivity contribution < 1.29 is 91.4 Å². The van der Waals surface area contributed by atoms with Crippen LogP contribution in [0.4, 0.5) is 23.3 Å². The molecule has 11 rings (SSSR count). The molecule has 0 aliphatic carbocycles. The monoisotopic (exact) mass is 1780 g/mol. The van der Waals surface area contributed by atoms with Gasteiger partial charge in [-0.2, -0.15) is 9.97 Å². The van der Waals surface area contributed by atoms with Crippen molar-refractivity contribution in [2.75, 3.05) is 121 Å². The predicted octanol–water partition coefficient (Wildman–Crippen LogP) is -0.212. The van der Waals surface area contributed by atoms with Crippen LogP contribution in [0.2, 0.25) is 0 Å². The van der Waals surface area contributed by atoms with Crippen molar-refractivity contribution in [1.29, 1.82) is 0 Å².